The predicted molar refractivity (Wildman–Crippen MR) is 63.6 cm³/mol. The Kier molecular flexibility index (Phi) is 3.42. The van der Waals surface area contributed by atoms with E-state index in [2.05, 4.69) is 10.4 Å². The second-order valence-corrected chi connectivity index (χ2v) is 3.86. The number of carboxylic acids is 1. The Labute approximate surface area is 102 Å². The Morgan fingerprint density at radius 1 is 1.56 bits per heavy atom. The van der Waals surface area contributed by atoms with Crippen molar-refractivity contribution in [3.8, 4) is 5.75 Å². The number of hydrogen-bond acceptors (Lipinski definition) is 5. The van der Waals surface area contributed by atoms with E-state index in [1.54, 1.807) is 0 Å². The van der Waals surface area contributed by atoms with Gasteiger partial charge in [-0.05, 0) is 18.2 Å². The van der Waals surface area contributed by atoms with Crippen LogP contribution in [0.3, 0.4) is 0 Å². The molecule has 0 saturated heterocycles. The number of nitrogens with zero attached hydrogens (tertiary/aromatic N) is 2. The molecule has 1 unspecified atom stereocenters. The van der Waals surface area contributed by atoms with Gasteiger partial charge in [-0.1, -0.05) is 0 Å². The van der Waals surface area contributed by atoms with Gasteiger partial charge in [0.2, 0.25) is 0 Å². The highest BCUT2D eigenvalue weighted by Crippen LogP contribution is 2.22. The van der Waals surface area contributed by atoms with Crippen LogP contribution in [0.2, 0.25) is 0 Å². The van der Waals surface area contributed by atoms with Crippen LogP contribution >= 0.6 is 0 Å². The number of aromatic hydroxyl groups is 1. The van der Waals surface area contributed by atoms with Crippen molar-refractivity contribution >= 4 is 17.9 Å². The van der Waals surface area contributed by atoms with Gasteiger partial charge in [-0.15, -0.1) is 0 Å². The lowest BCUT2D eigenvalue weighted by atomic mass is 10.1. The third-order valence-electron chi connectivity index (χ3n) is 2.43. The third kappa shape index (κ3) is 2.75. The average molecular weight is 253 g/mol. The summed E-state index contributed by atoms with van der Waals surface area (Å²) in [6, 6.07) is 3.91. The molecule has 1 heterocycles. The number of benzene rings is 1. The minimum absolute atomic E-state index is 0.0834. The summed E-state index contributed by atoms with van der Waals surface area (Å²) in [7, 11) is 0. The van der Waals surface area contributed by atoms with Gasteiger partial charge in [0.25, 0.3) is 0 Å². The van der Waals surface area contributed by atoms with Crippen molar-refractivity contribution < 1.29 is 19.4 Å². The van der Waals surface area contributed by atoms with Crippen molar-refractivity contribution in [3.63, 3.8) is 0 Å². The van der Waals surface area contributed by atoms with Crippen LogP contribution in [0.4, 0.5) is 10.1 Å². The second-order valence-electron chi connectivity index (χ2n) is 3.86. The number of hydrogen-bond donors (Lipinski definition) is 3. The summed E-state index contributed by atoms with van der Waals surface area (Å²) in [5, 5.41) is 19.7. The molecule has 0 spiro atoms. The molecule has 0 amide bonds. The van der Waals surface area contributed by atoms with Crippen LogP contribution < -0.4 is 5.43 Å². The van der Waals surface area contributed by atoms with Gasteiger partial charge >= 0.3 is 5.97 Å². The van der Waals surface area contributed by atoms with Crippen LogP contribution in [0.1, 0.15) is 10.4 Å². The maximum Gasteiger partial charge on any atom is 0.337 e. The van der Waals surface area contributed by atoms with Crippen molar-refractivity contribution in [2.45, 2.75) is 6.17 Å². The minimum Gasteiger partial charge on any atom is -0.508 e. The monoisotopic (exact) mass is 253 g/mol. The highest BCUT2D eigenvalue weighted by Gasteiger charge is 2.18. The zero-order valence-corrected chi connectivity index (χ0v) is 9.38. The maximum atomic E-state index is 13.1. The van der Waals surface area contributed by atoms with E-state index < -0.39 is 12.1 Å². The van der Waals surface area contributed by atoms with Gasteiger partial charge in [0.1, 0.15) is 18.6 Å². The van der Waals surface area contributed by atoms with Gasteiger partial charge in [-0.2, -0.15) is 5.01 Å². The van der Waals surface area contributed by atoms with Gasteiger partial charge in [0.15, 0.2) is 0 Å². The van der Waals surface area contributed by atoms with Crippen molar-refractivity contribution in [3.05, 3.63) is 23.8 Å². The SMILES string of the molecule is O=C(O)c1cc(O)ccc1NN1CN=CC(F)C1. The molecule has 1 aromatic carbocycles. The highest BCUT2D eigenvalue weighted by molar-refractivity contribution is 5.94. The fourth-order valence-electron chi connectivity index (χ4n) is 1.63. The smallest absolute Gasteiger partial charge is 0.337 e. The maximum absolute atomic E-state index is 13.1. The van der Waals surface area contributed by atoms with Gasteiger partial charge in [0.05, 0.1) is 17.8 Å². The number of hydrazine groups is 1. The van der Waals surface area contributed by atoms with E-state index >= 15 is 0 Å². The van der Waals surface area contributed by atoms with Crippen LogP contribution in [0.5, 0.6) is 5.75 Å². The zero-order valence-electron chi connectivity index (χ0n) is 9.38. The number of phenols is 1. The quantitative estimate of drug-likeness (QED) is 0.702. The van der Waals surface area contributed by atoms with Crippen LogP contribution in [0, 0.1) is 0 Å². The predicted octanol–water partition coefficient (Wildman–Crippen LogP) is 1.10. The molecule has 1 aliphatic heterocycles. The summed E-state index contributed by atoms with van der Waals surface area (Å²) in [5.74, 6) is -1.32. The first kappa shape index (κ1) is 12.3. The number of phenolic OH excluding ortho intramolecular Hbond substituents is 1. The van der Waals surface area contributed by atoms with E-state index in [9.17, 15) is 14.3 Å². The van der Waals surface area contributed by atoms with Crippen LogP contribution in [-0.2, 0) is 0 Å². The van der Waals surface area contributed by atoms with E-state index in [0.717, 1.165) is 6.07 Å². The largest absolute Gasteiger partial charge is 0.508 e. The molecule has 0 fully saturated rings. The Morgan fingerprint density at radius 3 is 3.00 bits per heavy atom. The molecule has 1 aromatic rings. The van der Waals surface area contributed by atoms with Crippen molar-refractivity contribution in [2.24, 2.45) is 4.99 Å². The highest BCUT2D eigenvalue weighted by atomic mass is 19.1. The molecule has 0 radical (unpaired) electrons. The fraction of sp³-hybridized carbons (Fsp3) is 0.273. The van der Waals surface area contributed by atoms with Crippen LogP contribution in [0.25, 0.3) is 0 Å². The molecule has 3 N–H and O–H groups in total. The van der Waals surface area contributed by atoms with Gasteiger partial charge < -0.3 is 15.6 Å². The lowest BCUT2D eigenvalue weighted by molar-refractivity contribution is 0.0697. The standard InChI is InChI=1S/C11H12FN3O3/c12-7-4-13-6-15(5-7)14-10-2-1-8(16)3-9(10)11(17)18/h1-4,7,14,16H,5-6H2,(H,17,18). The molecule has 0 bridgehead atoms. The Balaban J connectivity index is 2.18. The fourth-order valence-corrected chi connectivity index (χ4v) is 1.63. The normalized spacial score (nSPS) is 19.7. The number of carboxylic acid groups (broad SMARTS) is 1. The first-order valence-corrected chi connectivity index (χ1v) is 5.28. The Hall–Kier alpha value is -2.15. The van der Waals surface area contributed by atoms with Crippen molar-refractivity contribution in [1.82, 2.24) is 5.01 Å². The topological polar surface area (TPSA) is 85.2 Å². The van der Waals surface area contributed by atoms with Crippen LogP contribution in [-0.4, -0.2) is 46.8 Å². The first-order chi connectivity index (χ1) is 8.56. The van der Waals surface area contributed by atoms with Crippen molar-refractivity contribution in [2.75, 3.05) is 18.6 Å². The molecular weight excluding hydrogens is 241 g/mol. The zero-order chi connectivity index (χ0) is 13.1. The third-order valence-corrected chi connectivity index (χ3v) is 2.43. The molecule has 1 aliphatic rings. The Bertz CT molecular complexity index is 492. The number of nitrogens with one attached hydrogen (secondary N) is 1. The summed E-state index contributed by atoms with van der Waals surface area (Å²) in [6.07, 6.45) is 0.0317. The summed E-state index contributed by atoms with van der Waals surface area (Å²) in [6.45, 7) is 0.323. The molecule has 18 heavy (non-hydrogen) atoms. The summed E-state index contributed by atoms with van der Waals surface area (Å²) < 4.78 is 13.1. The van der Waals surface area contributed by atoms with E-state index in [1.165, 1.54) is 23.4 Å². The molecule has 1 atom stereocenters. The van der Waals surface area contributed by atoms with E-state index in [0.29, 0.717) is 0 Å². The molecule has 6 nitrogen and oxygen atoms in total. The number of aromatic carboxylic acids is 1. The number of aliphatic imine (C=N–C) groups is 1. The molecule has 96 valence electrons. The van der Waals surface area contributed by atoms with E-state index in [4.69, 9.17) is 5.11 Å². The molecule has 7 heteroatoms. The second kappa shape index (κ2) is 5.01. The lowest BCUT2D eigenvalue weighted by Gasteiger charge is -2.26. The summed E-state index contributed by atoms with van der Waals surface area (Å²) in [4.78, 5) is 14.8. The average Bonchev–Trinajstić information content (AvgIpc) is 2.31. The number of alkyl halides is 1. The lowest BCUT2D eigenvalue weighted by Crippen LogP contribution is -2.39. The summed E-state index contributed by atoms with van der Waals surface area (Å²) in [5.41, 5.74) is 2.97. The Morgan fingerprint density at radius 2 is 2.33 bits per heavy atom. The minimum atomic E-state index is -1.18. The molecule has 0 saturated carbocycles. The van der Waals surface area contributed by atoms with Gasteiger partial charge in [-0.3, -0.25) is 4.99 Å². The molecule has 2 rings (SSSR count). The van der Waals surface area contributed by atoms with Gasteiger partial charge in [-0.25, -0.2) is 9.18 Å². The summed E-state index contributed by atoms with van der Waals surface area (Å²) >= 11 is 0. The van der Waals surface area contributed by atoms with Crippen LogP contribution in [0.15, 0.2) is 23.2 Å². The van der Waals surface area contributed by atoms with E-state index in [-0.39, 0.29) is 30.2 Å². The first-order valence-electron chi connectivity index (χ1n) is 5.28. The molecular formula is C11H12FN3O3. The van der Waals surface area contributed by atoms with Crippen molar-refractivity contribution in [1.29, 1.82) is 0 Å². The number of carbonyl (C=O) groups is 1. The number of anilines is 1. The molecule has 0 aromatic heterocycles. The number of rotatable bonds is 3. The van der Waals surface area contributed by atoms with Gasteiger partial charge in [0, 0.05) is 6.21 Å². The van der Waals surface area contributed by atoms with E-state index in [1.807, 2.05) is 0 Å². The number of halogens is 1. The molecule has 0 aliphatic carbocycles.